The molecule has 0 radical (unpaired) electrons. The number of aromatic nitrogens is 3. The molecule has 0 fully saturated rings. The van der Waals surface area contributed by atoms with Crippen molar-refractivity contribution in [2.75, 3.05) is 0 Å². The molecule has 10 rings (SSSR count). The van der Waals surface area contributed by atoms with Crippen molar-refractivity contribution >= 4 is 32.7 Å². The maximum absolute atomic E-state index is 9.63. The van der Waals surface area contributed by atoms with Crippen LogP contribution >= 0.6 is 0 Å². The molecule has 0 atom stereocenters. The predicted octanol–water partition coefficient (Wildman–Crippen LogP) is 12.9. The van der Waals surface area contributed by atoms with E-state index in [0.29, 0.717) is 5.56 Å². The average Bonchev–Trinajstić information content (AvgIpc) is 3.79. The Hall–Kier alpha value is -7.17. The van der Waals surface area contributed by atoms with Gasteiger partial charge in [-0.2, -0.15) is 0 Å². The van der Waals surface area contributed by atoms with Crippen molar-refractivity contribution in [3.8, 4) is 67.5 Å². The first-order valence-electron chi connectivity index (χ1n) is 25.7. The van der Waals surface area contributed by atoms with Gasteiger partial charge in [0.15, 0.2) is 17.5 Å². The fourth-order valence-electron chi connectivity index (χ4n) is 5.96. The number of hydrogen-bond acceptors (Lipinski definition) is 4. The van der Waals surface area contributed by atoms with E-state index in [4.69, 9.17) is 26.3 Å². The van der Waals surface area contributed by atoms with Crippen molar-refractivity contribution in [3.05, 3.63) is 188 Å². The summed E-state index contributed by atoms with van der Waals surface area (Å²) in [6.45, 7) is 0. The van der Waals surface area contributed by atoms with Crippen LogP contribution < -0.4 is 0 Å². The van der Waals surface area contributed by atoms with E-state index < -0.39 is 160 Å². The standard InChI is InChI=1S/C49H31N3O/c1-3-11-32(12-4-1)34-15-9-17-40(28-34)47-50-48(41-18-10-16-35(29-41)39-25-26-44-43-19-7-8-20-45(43)53-46(44)31-39)52-49(51-47)42-24-23-37-27-36(21-22-38(37)30-42)33-13-5-2-6-14-33/h1-31H/i1D,3D,4D,7D,8D,9D,10D,11D,12D,15D,16D,17D,18D,19D,20D,25D,26D,29D,31D. The Labute approximate surface area is 333 Å². The highest BCUT2D eigenvalue weighted by Crippen LogP contribution is 2.35. The lowest BCUT2D eigenvalue weighted by Crippen LogP contribution is -2.00. The molecule has 4 heteroatoms. The number of fused-ring (bicyclic) bond motifs is 4. The van der Waals surface area contributed by atoms with Crippen LogP contribution in [0.2, 0.25) is 0 Å². The highest BCUT2D eigenvalue weighted by molar-refractivity contribution is 6.06. The number of para-hydroxylation sites is 1. The van der Waals surface area contributed by atoms with Crippen LogP contribution in [-0.4, -0.2) is 15.0 Å². The molecule has 0 saturated heterocycles. The third-order valence-corrected chi connectivity index (χ3v) is 8.52. The lowest BCUT2D eigenvalue weighted by atomic mass is 9.99. The summed E-state index contributed by atoms with van der Waals surface area (Å²) in [5.41, 5.74) is -1.43. The van der Waals surface area contributed by atoms with Crippen LogP contribution in [0.4, 0.5) is 0 Å². The van der Waals surface area contributed by atoms with Gasteiger partial charge in [0.25, 0.3) is 0 Å². The molecule has 8 aromatic carbocycles. The van der Waals surface area contributed by atoms with Crippen molar-refractivity contribution in [2.45, 2.75) is 0 Å². The van der Waals surface area contributed by atoms with Crippen LogP contribution in [0, 0.1) is 0 Å². The van der Waals surface area contributed by atoms with Crippen LogP contribution in [0.25, 0.3) is 100 Å². The molecule has 0 bridgehead atoms. The molecular weight excluding hydrogens is 647 g/mol. The first-order valence-corrected chi connectivity index (χ1v) is 16.2. The zero-order chi connectivity index (χ0) is 51.7. The average molecular weight is 697 g/mol. The van der Waals surface area contributed by atoms with Crippen LogP contribution in [0.3, 0.4) is 0 Å². The zero-order valence-electron chi connectivity index (χ0n) is 46.2. The second-order valence-electron chi connectivity index (χ2n) is 11.8. The van der Waals surface area contributed by atoms with Gasteiger partial charge < -0.3 is 4.42 Å². The molecule has 0 aliphatic heterocycles. The van der Waals surface area contributed by atoms with E-state index in [1.54, 1.807) is 18.2 Å². The fourth-order valence-corrected chi connectivity index (χ4v) is 5.96. The quantitative estimate of drug-likeness (QED) is 0.174. The summed E-state index contributed by atoms with van der Waals surface area (Å²) in [6.07, 6.45) is 0. The van der Waals surface area contributed by atoms with Crippen molar-refractivity contribution in [1.29, 1.82) is 0 Å². The third kappa shape index (κ3) is 5.82. The molecule has 53 heavy (non-hydrogen) atoms. The van der Waals surface area contributed by atoms with Crippen molar-refractivity contribution in [3.63, 3.8) is 0 Å². The van der Waals surface area contributed by atoms with Gasteiger partial charge in [-0.1, -0.05) is 145 Å². The lowest BCUT2D eigenvalue weighted by molar-refractivity contribution is 0.669. The Morgan fingerprint density at radius 2 is 0.962 bits per heavy atom. The van der Waals surface area contributed by atoms with E-state index in [1.165, 1.54) is 0 Å². The summed E-state index contributed by atoms with van der Waals surface area (Å²) in [6, 6.07) is 8.41. The molecule has 2 aromatic heterocycles. The van der Waals surface area contributed by atoms with Gasteiger partial charge in [0, 0.05) is 27.5 Å². The molecule has 0 aliphatic rings. The summed E-state index contributed by atoms with van der Waals surface area (Å²) >= 11 is 0. The number of benzene rings is 8. The first-order chi connectivity index (χ1) is 34.1. The topological polar surface area (TPSA) is 51.8 Å². The van der Waals surface area contributed by atoms with E-state index in [-0.39, 0.29) is 27.7 Å². The number of rotatable bonds is 6. The number of hydrogen-bond donors (Lipinski definition) is 0. The summed E-state index contributed by atoms with van der Waals surface area (Å²) in [7, 11) is 0. The van der Waals surface area contributed by atoms with Crippen molar-refractivity contribution in [2.24, 2.45) is 0 Å². The Morgan fingerprint density at radius 1 is 0.358 bits per heavy atom. The summed E-state index contributed by atoms with van der Waals surface area (Å²) in [5, 5.41) is 0.981. The van der Waals surface area contributed by atoms with Gasteiger partial charge in [0.2, 0.25) is 0 Å². The largest absolute Gasteiger partial charge is 0.456 e. The number of nitrogens with zero attached hydrogens (tertiary/aromatic N) is 3. The van der Waals surface area contributed by atoms with E-state index >= 15 is 0 Å². The molecule has 4 nitrogen and oxygen atoms in total. The summed E-state index contributed by atoms with van der Waals surface area (Å²) < 4.78 is 172. The molecule has 2 heterocycles. The molecule has 0 amide bonds. The highest BCUT2D eigenvalue weighted by atomic mass is 16.3. The van der Waals surface area contributed by atoms with Gasteiger partial charge in [-0.25, -0.2) is 15.0 Å². The molecule has 10 aromatic rings. The van der Waals surface area contributed by atoms with E-state index in [1.807, 2.05) is 48.5 Å². The minimum atomic E-state index is -0.828. The Bertz CT molecular complexity index is 4020. The highest BCUT2D eigenvalue weighted by Gasteiger charge is 2.15. The third-order valence-electron chi connectivity index (χ3n) is 8.52. The maximum Gasteiger partial charge on any atom is 0.164 e. The predicted molar refractivity (Wildman–Crippen MR) is 217 cm³/mol. The normalized spacial score (nSPS) is 16.4. The zero-order valence-corrected chi connectivity index (χ0v) is 27.2. The Kier molecular flexibility index (Phi) is 4.10. The molecule has 0 saturated carbocycles. The first kappa shape index (κ1) is 16.9. The van der Waals surface area contributed by atoms with Gasteiger partial charge in [-0.05, 0) is 86.5 Å². The van der Waals surface area contributed by atoms with Gasteiger partial charge in [0.1, 0.15) is 11.2 Å². The van der Waals surface area contributed by atoms with Gasteiger partial charge >= 0.3 is 0 Å². The molecule has 0 unspecified atom stereocenters. The van der Waals surface area contributed by atoms with Crippen LogP contribution in [-0.2, 0) is 0 Å². The molecule has 0 spiro atoms. The van der Waals surface area contributed by atoms with E-state index in [0.717, 1.165) is 28.0 Å². The van der Waals surface area contributed by atoms with Crippen LogP contribution in [0.15, 0.2) is 192 Å². The molecule has 248 valence electrons. The van der Waals surface area contributed by atoms with Gasteiger partial charge in [0.05, 0.1) is 26.0 Å². The van der Waals surface area contributed by atoms with Crippen LogP contribution in [0.1, 0.15) is 26.0 Å². The maximum atomic E-state index is 9.63. The monoisotopic (exact) mass is 696 g/mol. The molecular formula is C49H31N3O. The van der Waals surface area contributed by atoms with Crippen LogP contribution in [0.5, 0.6) is 0 Å². The van der Waals surface area contributed by atoms with Crippen molar-refractivity contribution in [1.82, 2.24) is 15.0 Å². The smallest absolute Gasteiger partial charge is 0.164 e. The van der Waals surface area contributed by atoms with Crippen molar-refractivity contribution < 1.29 is 30.5 Å². The SMILES string of the molecule is [2H]c1c(-c2nc(-c3ccc4cc(-c5ccccc5)ccc4c3)nc(-c3c([2H])c([2H])c([2H])c(-c4c([2H])c([2H])c5c(oc6c([2H])c([2H])c([2H])c([2H])c65)c4[2H])c3[2H])n2)cc(-c2c([2H])c([2H])c([2H])c([2H])c2[2H])c([2H])c1[2H]. The lowest BCUT2D eigenvalue weighted by Gasteiger charge is -2.11. The minimum absolute atomic E-state index is 0.143. The molecule has 0 aliphatic carbocycles. The Balaban J connectivity index is 1.25. The second-order valence-corrected chi connectivity index (χ2v) is 11.8. The number of furan rings is 1. The summed E-state index contributed by atoms with van der Waals surface area (Å²) in [5.74, 6) is -1.07. The summed E-state index contributed by atoms with van der Waals surface area (Å²) in [4.78, 5) is 13.9. The second kappa shape index (κ2) is 12.9. The van der Waals surface area contributed by atoms with E-state index in [2.05, 4.69) is 15.0 Å². The fraction of sp³-hybridized carbons (Fsp3) is 0. The van der Waals surface area contributed by atoms with Gasteiger partial charge in [-0.3, -0.25) is 0 Å². The van der Waals surface area contributed by atoms with Gasteiger partial charge in [-0.15, -0.1) is 0 Å². The Morgan fingerprint density at radius 3 is 1.79 bits per heavy atom. The van der Waals surface area contributed by atoms with E-state index in [9.17, 15) is 4.11 Å². The minimum Gasteiger partial charge on any atom is -0.456 e. The molecule has 0 N–H and O–H groups in total.